The van der Waals surface area contributed by atoms with Gasteiger partial charge in [0.25, 0.3) is 0 Å². The number of nitrogens with one attached hydrogen (secondary N) is 1. The van der Waals surface area contributed by atoms with E-state index in [2.05, 4.69) is 36.1 Å². The fourth-order valence-corrected chi connectivity index (χ4v) is 1.12. The zero-order chi connectivity index (χ0) is 6.97. The van der Waals surface area contributed by atoms with Gasteiger partial charge in [0, 0.05) is 0 Å². The molecule has 0 aliphatic heterocycles. The highest BCUT2D eigenvalue weighted by molar-refractivity contribution is 9.10. The van der Waals surface area contributed by atoms with Crippen LogP contribution >= 0.6 is 15.9 Å². The SMILES string of the molecule is Brc1nc2nnccc2[nH]1. The predicted molar refractivity (Wildman–Crippen MR) is 39.4 cm³/mol. The number of hydrogen-bond donors (Lipinski definition) is 1. The van der Waals surface area contributed by atoms with Gasteiger partial charge in [-0.1, -0.05) is 0 Å². The van der Waals surface area contributed by atoms with Crippen molar-refractivity contribution in [3.05, 3.63) is 17.0 Å². The van der Waals surface area contributed by atoms with Crippen molar-refractivity contribution >= 4 is 27.1 Å². The molecule has 0 amide bonds. The lowest BCUT2D eigenvalue weighted by Crippen LogP contribution is -1.78. The zero-order valence-electron chi connectivity index (χ0n) is 4.87. The molecule has 5 heteroatoms. The summed E-state index contributed by atoms with van der Waals surface area (Å²) < 4.78 is 0.683. The van der Waals surface area contributed by atoms with Crippen molar-refractivity contribution in [3.63, 3.8) is 0 Å². The van der Waals surface area contributed by atoms with Gasteiger partial charge in [-0.2, -0.15) is 5.10 Å². The highest BCUT2D eigenvalue weighted by atomic mass is 79.9. The Hall–Kier alpha value is -0.970. The van der Waals surface area contributed by atoms with E-state index < -0.39 is 0 Å². The Kier molecular flexibility index (Phi) is 1.17. The first-order valence-corrected chi connectivity index (χ1v) is 3.48. The molecule has 0 spiro atoms. The van der Waals surface area contributed by atoms with E-state index in [4.69, 9.17) is 0 Å². The van der Waals surface area contributed by atoms with Gasteiger partial charge in [-0.15, -0.1) is 5.10 Å². The fourth-order valence-electron chi connectivity index (χ4n) is 0.737. The van der Waals surface area contributed by atoms with Gasteiger partial charge in [0.05, 0.1) is 11.7 Å². The van der Waals surface area contributed by atoms with Crippen LogP contribution in [-0.2, 0) is 0 Å². The maximum Gasteiger partial charge on any atom is 0.200 e. The Bertz CT molecular complexity index is 322. The molecular weight excluding hydrogens is 196 g/mol. The number of fused-ring (bicyclic) bond motifs is 1. The minimum absolute atomic E-state index is 0.634. The van der Waals surface area contributed by atoms with Gasteiger partial charge in [-0.05, 0) is 22.0 Å². The Morgan fingerprint density at radius 2 is 2.40 bits per heavy atom. The van der Waals surface area contributed by atoms with E-state index in [0.717, 1.165) is 5.52 Å². The van der Waals surface area contributed by atoms with E-state index in [9.17, 15) is 0 Å². The third-order valence-corrected chi connectivity index (χ3v) is 1.52. The lowest BCUT2D eigenvalue weighted by molar-refractivity contribution is 1.06. The smallest absolute Gasteiger partial charge is 0.200 e. The molecule has 0 unspecified atom stereocenters. The number of hydrogen-bond acceptors (Lipinski definition) is 3. The molecular formula is C5H3BrN4. The van der Waals surface area contributed by atoms with Crippen LogP contribution < -0.4 is 0 Å². The molecule has 10 heavy (non-hydrogen) atoms. The van der Waals surface area contributed by atoms with Crippen LogP contribution in [0.5, 0.6) is 0 Å². The van der Waals surface area contributed by atoms with Crippen LogP contribution in [-0.4, -0.2) is 20.2 Å². The quantitative estimate of drug-likeness (QED) is 0.691. The van der Waals surface area contributed by atoms with Crippen LogP contribution in [0.25, 0.3) is 11.2 Å². The number of nitrogens with zero attached hydrogens (tertiary/aromatic N) is 3. The maximum absolute atomic E-state index is 4.00. The van der Waals surface area contributed by atoms with Crippen LogP contribution in [0.2, 0.25) is 0 Å². The largest absolute Gasteiger partial charge is 0.331 e. The molecule has 0 aliphatic carbocycles. The molecule has 0 saturated carbocycles. The number of aromatic nitrogens is 4. The number of rotatable bonds is 0. The van der Waals surface area contributed by atoms with E-state index in [1.54, 1.807) is 6.20 Å². The summed E-state index contributed by atoms with van der Waals surface area (Å²) in [5.41, 5.74) is 1.52. The summed E-state index contributed by atoms with van der Waals surface area (Å²) in [6.45, 7) is 0. The van der Waals surface area contributed by atoms with Gasteiger partial charge in [0.15, 0.2) is 4.73 Å². The Labute approximate surface area is 64.8 Å². The van der Waals surface area contributed by atoms with Crippen molar-refractivity contribution < 1.29 is 0 Å². The monoisotopic (exact) mass is 198 g/mol. The number of halogens is 1. The topological polar surface area (TPSA) is 54.5 Å². The average molecular weight is 199 g/mol. The fraction of sp³-hybridized carbons (Fsp3) is 0. The molecule has 0 aromatic carbocycles. The van der Waals surface area contributed by atoms with Crippen molar-refractivity contribution in [2.45, 2.75) is 0 Å². The molecule has 2 aromatic rings. The summed E-state index contributed by atoms with van der Waals surface area (Å²) in [7, 11) is 0. The Balaban J connectivity index is 2.88. The van der Waals surface area contributed by atoms with Crippen LogP contribution in [0.1, 0.15) is 0 Å². The van der Waals surface area contributed by atoms with Gasteiger partial charge in [-0.3, -0.25) is 0 Å². The molecule has 2 rings (SSSR count). The molecule has 50 valence electrons. The van der Waals surface area contributed by atoms with E-state index in [1.165, 1.54) is 0 Å². The average Bonchev–Trinajstić information content (AvgIpc) is 2.27. The van der Waals surface area contributed by atoms with Gasteiger partial charge in [0.2, 0.25) is 5.65 Å². The predicted octanol–water partition coefficient (Wildman–Crippen LogP) is 1.12. The minimum atomic E-state index is 0.634. The van der Waals surface area contributed by atoms with Crippen molar-refractivity contribution in [2.75, 3.05) is 0 Å². The van der Waals surface area contributed by atoms with Crippen LogP contribution in [0.3, 0.4) is 0 Å². The van der Waals surface area contributed by atoms with Crippen LogP contribution in [0.4, 0.5) is 0 Å². The summed E-state index contributed by atoms with van der Waals surface area (Å²) in [6, 6.07) is 1.82. The van der Waals surface area contributed by atoms with Crippen LogP contribution in [0, 0.1) is 0 Å². The van der Waals surface area contributed by atoms with E-state index in [1.807, 2.05) is 6.07 Å². The first kappa shape index (κ1) is 5.79. The zero-order valence-corrected chi connectivity index (χ0v) is 6.46. The first-order valence-electron chi connectivity index (χ1n) is 2.69. The summed E-state index contributed by atoms with van der Waals surface area (Å²) in [6.07, 6.45) is 1.62. The Morgan fingerprint density at radius 3 is 3.20 bits per heavy atom. The summed E-state index contributed by atoms with van der Waals surface area (Å²) in [5, 5.41) is 7.45. The number of imidazole rings is 1. The van der Waals surface area contributed by atoms with E-state index in [-0.39, 0.29) is 0 Å². The third-order valence-electron chi connectivity index (χ3n) is 1.14. The molecule has 0 bridgehead atoms. The maximum atomic E-state index is 4.00. The standard InChI is InChI=1S/C5H3BrN4/c6-5-8-3-1-2-7-10-4(3)9-5/h1-2H,(H,8,9,10). The second-order valence-corrected chi connectivity index (χ2v) is 2.55. The molecule has 0 aliphatic rings. The van der Waals surface area contributed by atoms with Gasteiger partial charge in [-0.25, -0.2) is 4.98 Å². The second-order valence-electron chi connectivity index (χ2n) is 1.80. The van der Waals surface area contributed by atoms with Crippen molar-refractivity contribution in [3.8, 4) is 0 Å². The summed E-state index contributed by atoms with van der Waals surface area (Å²) >= 11 is 3.19. The van der Waals surface area contributed by atoms with Gasteiger partial charge < -0.3 is 4.98 Å². The number of aromatic amines is 1. The second kappa shape index (κ2) is 2.02. The molecule has 0 saturated heterocycles. The van der Waals surface area contributed by atoms with Gasteiger partial charge in [0.1, 0.15) is 0 Å². The Morgan fingerprint density at radius 1 is 1.50 bits per heavy atom. The van der Waals surface area contributed by atoms with Crippen molar-refractivity contribution in [1.29, 1.82) is 0 Å². The van der Waals surface area contributed by atoms with E-state index in [0.29, 0.717) is 10.4 Å². The minimum Gasteiger partial charge on any atom is -0.331 e. The van der Waals surface area contributed by atoms with E-state index >= 15 is 0 Å². The first-order chi connectivity index (χ1) is 4.86. The molecule has 0 radical (unpaired) electrons. The third kappa shape index (κ3) is 0.786. The highest BCUT2D eigenvalue weighted by Gasteiger charge is 1.97. The number of H-pyrrole nitrogens is 1. The lowest BCUT2D eigenvalue weighted by Gasteiger charge is -1.79. The van der Waals surface area contributed by atoms with Gasteiger partial charge >= 0.3 is 0 Å². The van der Waals surface area contributed by atoms with Crippen LogP contribution in [0.15, 0.2) is 17.0 Å². The molecule has 4 nitrogen and oxygen atoms in total. The normalized spacial score (nSPS) is 10.5. The molecule has 0 atom stereocenters. The summed E-state index contributed by atoms with van der Waals surface area (Å²) in [5.74, 6) is 0. The van der Waals surface area contributed by atoms with Crippen molar-refractivity contribution in [1.82, 2.24) is 20.2 Å². The molecule has 2 aromatic heterocycles. The lowest BCUT2D eigenvalue weighted by atomic mass is 10.5. The molecule has 0 fully saturated rings. The highest BCUT2D eigenvalue weighted by Crippen LogP contribution is 2.09. The summed E-state index contributed by atoms with van der Waals surface area (Å²) in [4.78, 5) is 6.96. The molecule has 2 heterocycles. The van der Waals surface area contributed by atoms with Crippen molar-refractivity contribution in [2.24, 2.45) is 0 Å². The molecule has 1 N–H and O–H groups in total.